The summed E-state index contributed by atoms with van der Waals surface area (Å²) < 4.78 is 5.81. The number of phenolic OH excluding ortho intramolecular Hbond substituents is 1. The lowest BCUT2D eigenvalue weighted by Crippen LogP contribution is -2.46. The van der Waals surface area contributed by atoms with Gasteiger partial charge in [-0.3, -0.25) is 0 Å². The van der Waals surface area contributed by atoms with E-state index in [1.807, 2.05) is 37.3 Å². The van der Waals surface area contributed by atoms with Crippen LogP contribution in [0.1, 0.15) is 24.5 Å². The minimum absolute atomic E-state index is 0.164. The first kappa shape index (κ1) is 21.8. The summed E-state index contributed by atoms with van der Waals surface area (Å²) in [5, 5.41) is 24.4. The molecule has 0 spiro atoms. The zero-order valence-corrected chi connectivity index (χ0v) is 20.2. The second kappa shape index (κ2) is 8.21. The van der Waals surface area contributed by atoms with Gasteiger partial charge in [0.05, 0.1) is 12.8 Å². The topological polar surface area (TPSA) is 56.2 Å². The van der Waals surface area contributed by atoms with Crippen LogP contribution in [0.2, 0.25) is 0 Å². The summed E-state index contributed by atoms with van der Waals surface area (Å²) in [5.74, 6) is 0.912. The van der Waals surface area contributed by atoms with Crippen LogP contribution in [0.3, 0.4) is 0 Å². The Labute approximate surface area is 205 Å². The second-order valence-corrected chi connectivity index (χ2v) is 9.46. The number of hydrogen-bond acceptors (Lipinski definition) is 5. The summed E-state index contributed by atoms with van der Waals surface area (Å²) in [5.41, 5.74) is 4.86. The van der Waals surface area contributed by atoms with E-state index >= 15 is 0 Å². The largest absolute Gasteiger partial charge is 0.507 e. The molecule has 0 bridgehead atoms. The van der Waals surface area contributed by atoms with Crippen LogP contribution in [-0.2, 0) is 5.60 Å². The lowest BCUT2D eigenvalue weighted by Gasteiger charge is -2.38. The van der Waals surface area contributed by atoms with E-state index in [-0.39, 0.29) is 5.75 Å². The van der Waals surface area contributed by atoms with E-state index in [1.165, 1.54) is 5.69 Å². The van der Waals surface area contributed by atoms with Crippen molar-refractivity contribution in [2.75, 3.05) is 43.1 Å². The molecule has 2 N–H and O–H groups in total. The Morgan fingerprint density at radius 1 is 0.829 bits per heavy atom. The highest BCUT2D eigenvalue weighted by molar-refractivity contribution is 6.07. The van der Waals surface area contributed by atoms with Crippen molar-refractivity contribution in [3.05, 3.63) is 83.9 Å². The number of anilines is 2. The number of aromatic hydroxyl groups is 1. The number of piperazine rings is 1. The van der Waals surface area contributed by atoms with E-state index in [0.717, 1.165) is 70.6 Å². The number of hydrogen-bond donors (Lipinski definition) is 2. The maximum atomic E-state index is 11.7. The lowest BCUT2D eigenvalue weighted by molar-refractivity contribution is 0.0812. The third-order valence-electron chi connectivity index (χ3n) is 7.76. The van der Waals surface area contributed by atoms with Gasteiger partial charge in [-0.2, -0.15) is 0 Å². The number of benzene rings is 4. The van der Waals surface area contributed by atoms with Gasteiger partial charge in [0.15, 0.2) is 0 Å². The molecule has 4 aromatic carbocycles. The number of methoxy groups -OCH3 is 1. The van der Waals surface area contributed by atoms with E-state index in [0.29, 0.717) is 6.42 Å². The molecule has 6 rings (SSSR count). The monoisotopic (exact) mass is 466 g/mol. The van der Waals surface area contributed by atoms with Crippen molar-refractivity contribution in [3.8, 4) is 22.6 Å². The SMILES string of the molecule is CCC1(O)c2ccccc2-c2c1cc(O)c1cc(OC)c(N3CCN(c4ccccc4)CC3)cc21. The van der Waals surface area contributed by atoms with Crippen LogP contribution in [0.25, 0.3) is 21.9 Å². The van der Waals surface area contributed by atoms with E-state index in [4.69, 9.17) is 4.74 Å². The van der Waals surface area contributed by atoms with Crippen LogP contribution in [0.5, 0.6) is 11.5 Å². The Bertz CT molecular complexity index is 1410. The molecule has 0 saturated carbocycles. The van der Waals surface area contributed by atoms with Gasteiger partial charge >= 0.3 is 0 Å². The zero-order chi connectivity index (χ0) is 24.2. The van der Waals surface area contributed by atoms with Crippen LogP contribution in [0.4, 0.5) is 11.4 Å². The second-order valence-electron chi connectivity index (χ2n) is 9.46. The van der Waals surface area contributed by atoms with Crippen molar-refractivity contribution in [1.29, 1.82) is 0 Å². The van der Waals surface area contributed by atoms with Crippen LogP contribution in [0.15, 0.2) is 72.8 Å². The number of phenols is 1. The normalized spacial score (nSPS) is 19.1. The third kappa shape index (κ3) is 3.26. The first-order valence-electron chi connectivity index (χ1n) is 12.3. The first-order chi connectivity index (χ1) is 17.0. The van der Waals surface area contributed by atoms with Crippen molar-refractivity contribution in [2.45, 2.75) is 18.9 Å². The van der Waals surface area contributed by atoms with Crippen LogP contribution in [0, 0.1) is 0 Å². The maximum absolute atomic E-state index is 11.7. The molecule has 1 heterocycles. The fourth-order valence-electron chi connectivity index (χ4n) is 5.88. The fraction of sp³-hybridized carbons (Fsp3) is 0.267. The van der Waals surface area contributed by atoms with Gasteiger partial charge in [-0.25, -0.2) is 0 Å². The van der Waals surface area contributed by atoms with Gasteiger partial charge in [-0.1, -0.05) is 49.4 Å². The molecule has 1 unspecified atom stereocenters. The summed E-state index contributed by atoms with van der Waals surface area (Å²) in [6, 6.07) is 24.4. The van der Waals surface area contributed by atoms with E-state index < -0.39 is 5.60 Å². The molecule has 1 aliphatic carbocycles. The number of fused-ring (bicyclic) bond motifs is 5. The van der Waals surface area contributed by atoms with Gasteiger partial charge in [0.1, 0.15) is 17.1 Å². The van der Waals surface area contributed by atoms with Crippen molar-refractivity contribution in [1.82, 2.24) is 0 Å². The average molecular weight is 467 g/mol. The van der Waals surface area contributed by atoms with Crippen molar-refractivity contribution >= 4 is 22.1 Å². The van der Waals surface area contributed by atoms with E-state index in [2.05, 4.69) is 46.2 Å². The lowest BCUT2D eigenvalue weighted by atomic mass is 9.88. The molecule has 1 fully saturated rings. The summed E-state index contributed by atoms with van der Waals surface area (Å²) in [4.78, 5) is 4.77. The molecule has 2 aliphatic rings. The summed E-state index contributed by atoms with van der Waals surface area (Å²) >= 11 is 0. The molecule has 1 saturated heterocycles. The van der Waals surface area contributed by atoms with E-state index in [1.54, 1.807) is 13.2 Å². The third-order valence-corrected chi connectivity index (χ3v) is 7.76. The Hall–Kier alpha value is -3.70. The number of para-hydroxylation sites is 1. The first-order valence-corrected chi connectivity index (χ1v) is 12.3. The van der Waals surface area contributed by atoms with Gasteiger partial charge < -0.3 is 24.7 Å². The van der Waals surface area contributed by atoms with Crippen molar-refractivity contribution in [2.24, 2.45) is 0 Å². The smallest absolute Gasteiger partial charge is 0.142 e. The summed E-state index contributed by atoms with van der Waals surface area (Å²) in [6.45, 7) is 5.56. The summed E-state index contributed by atoms with van der Waals surface area (Å²) in [6.07, 6.45) is 0.534. The quantitative estimate of drug-likeness (QED) is 0.416. The molecule has 0 amide bonds. The molecular formula is C30H30N2O3. The van der Waals surface area contributed by atoms with Crippen molar-refractivity contribution < 1.29 is 14.9 Å². The zero-order valence-electron chi connectivity index (χ0n) is 20.2. The molecular weight excluding hydrogens is 436 g/mol. The highest BCUT2D eigenvalue weighted by Gasteiger charge is 2.41. The Balaban J connectivity index is 1.47. The van der Waals surface area contributed by atoms with Gasteiger partial charge in [-0.05, 0) is 58.8 Å². The Kier molecular flexibility index (Phi) is 5.11. The molecule has 1 aliphatic heterocycles. The minimum Gasteiger partial charge on any atom is -0.507 e. The Morgan fingerprint density at radius 2 is 1.51 bits per heavy atom. The molecule has 0 aromatic heterocycles. The number of ether oxygens (including phenoxy) is 1. The predicted octanol–water partition coefficient (Wildman–Crippen LogP) is 5.51. The van der Waals surface area contributed by atoms with Gasteiger partial charge in [0, 0.05) is 42.8 Å². The van der Waals surface area contributed by atoms with Crippen LogP contribution < -0.4 is 14.5 Å². The number of nitrogens with zero attached hydrogens (tertiary/aromatic N) is 2. The molecule has 5 nitrogen and oxygen atoms in total. The molecule has 5 heteroatoms. The molecule has 4 aromatic rings. The number of rotatable bonds is 4. The average Bonchev–Trinajstić information content (AvgIpc) is 3.17. The molecule has 178 valence electrons. The van der Waals surface area contributed by atoms with Crippen LogP contribution >= 0.6 is 0 Å². The van der Waals surface area contributed by atoms with Crippen LogP contribution in [-0.4, -0.2) is 43.5 Å². The fourth-order valence-corrected chi connectivity index (χ4v) is 5.88. The summed E-state index contributed by atoms with van der Waals surface area (Å²) in [7, 11) is 1.68. The maximum Gasteiger partial charge on any atom is 0.142 e. The minimum atomic E-state index is -1.11. The standard InChI is InChI=1S/C30H30N2O3/c1-3-30(34)24-12-8-7-11-21(24)29-23-17-26(28(35-2)18-22(23)27(33)19-25(29)30)32-15-13-31(14-16-32)20-9-5-4-6-10-20/h4-12,17-19,33-34H,3,13-16H2,1-2H3. The highest BCUT2D eigenvalue weighted by Crippen LogP contribution is 2.54. The Morgan fingerprint density at radius 3 is 2.23 bits per heavy atom. The predicted molar refractivity (Wildman–Crippen MR) is 142 cm³/mol. The van der Waals surface area contributed by atoms with Gasteiger partial charge in [0.25, 0.3) is 0 Å². The van der Waals surface area contributed by atoms with Gasteiger partial charge in [0.2, 0.25) is 0 Å². The van der Waals surface area contributed by atoms with Gasteiger partial charge in [-0.15, -0.1) is 0 Å². The van der Waals surface area contributed by atoms with Crippen molar-refractivity contribution in [3.63, 3.8) is 0 Å². The number of aliphatic hydroxyl groups is 1. The molecule has 1 atom stereocenters. The van der Waals surface area contributed by atoms with E-state index in [9.17, 15) is 10.2 Å². The molecule has 0 radical (unpaired) electrons. The highest BCUT2D eigenvalue weighted by atomic mass is 16.5. The molecule has 35 heavy (non-hydrogen) atoms.